The standard InChI is InChI=1S/C24H9F18P.Pd/c25-19(26,27)10-1-11(20(28,29)30)5-16(4-10)43(17-6-12(21(31,32)33)2-13(7-17)22(34,35)36)18-8-14(23(37,38)39)3-15(9-18)24(40,41)42;/h1-9H;/p+1. The van der Waals surface area contributed by atoms with Crippen LogP contribution < -0.4 is 15.9 Å². The van der Waals surface area contributed by atoms with Gasteiger partial charge in [0.2, 0.25) is 0 Å². The summed E-state index contributed by atoms with van der Waals surface area (Å²) in [5.41, 5.74) is -13.1. The second-order valence-corrected chi connectivity index (χ2v) is 11.2. The number of hydrogen-bond donors (Lipinski definition) is 0. The van der Waals surface area contributed by atoms with Gasteiger partial charge in [-0.1, -0.05) is 0 Å². The topological polar surface area (TPSA) is 0 Å². The molecule has 3 rings (SSSR count). The van der Waals surface area contributed by atoms with Gasteiger partial charge in [0, 0.05) is 20.4 Å². The van der Waals surface area contributed by atoms with E-state index in [0.29, 0.717) is 0 Å². The predicted molar refractivity (Wildman–Crippen MR) is 117 cm³/mol. The molecule has 0 radical (unpaired) electrons. The third-order valence-electron chi connectivity index (χ3n) is 5.63. The van der Waals surface area contributed by atoms with Crippen molar-refractivity contribution in [1.82, 2.24) is 0 Å². The molecule has 0 spiro atoms. The fraction of sp³-hybridized carbons (Fsp3) is 0.250. The summed E-state index contributed by atoms with van der Waals surface area (Å²) in [4.78, 5) is 0. The first-order valence-corrected chi connectivity index (χ1v) is 12.3. The molecule has 0 saturated heterocycles. The van der Waals surface area contributed by atoms with Gasteiger partial charge in [-0.15, -0.1) is 0 Å². The van der Waals surface area contributed by atoms with E-state index >= 15 is 0 Å². The molecule has 0 bridgehead atoms. The fourth-order valence-electron chi connectivity index (χ4n) is 3.80. The van der Waals surface area contributed by atoms with Gasteiger partial charge < -0.3 is 0 Å². The number of hydrogen-bond acceptors (Lipinski definition) is 0. The minimum Gasteiger partial charge on any atom is -0.166 e. The first-order chi connectivity index (χ1) is 19.1. The van der Waals surface area contributed by atoms with Gasteiger partial charge in [-0.05, 0) is 54.6 Å². The molecule has 44 heavy (non-hydrogen) atoms. The SMILES string of the molecule is FC(F)(F)c1cc([PH+](c2cc(C(F)(F)F)cc(C(F)(F)F)c2)c2cc(C(F)(F)F)cc(C(F)(F)F)c2)cc(C(F)(F)F)c1.[Pd]. The number of rotatable bonds is 3. The second kappa shape index (κ2) is 12.0. The normalized spacial score (nSPS) is 13.7. The van der Waals surface area contributed by atoms with Gasteiger partial charge in [-0.3, -0.25) is 0 Å². The summed E-state index contributed by atoms with van der Waals surface area (Å²) < 4.78 is 244. The van der Waals surface area contributed by atoms with Crippen molar-refractivity contribution < 1.29 is 99.5 Å². The van der Waals surface area contributed by atoms with Crippen LogP contribution in [0, 0.1) is 0 Å². The number of halogens is 18. The van der Waals surface area contributed by atoms with Crippen LogP contribution in [0.4, 0.5) is 79.0 Å². The molecule has 0 N–H and O–H groups in total. The maximum absolute atomic E-state index is 13.5. The average molecular weight is 778 g/mol. The zero-order chi connectivity index (χ0) is 33.1. The van der Waals surface area contributed by atoms with Gasteiger partial charge >= 0.3 is 37.1 Å². The molecule has 0 aromatic heterocycles. The summed E-state index contributed by atoms with van der Waals surface area (Å²) in [5, 5.41) is -4.23. The van der Waals surface area contributed by atoms with Gasteiger partial charge in [0.1, 0.15) is 15.9 Å². The minimum atomic E-state index is -5.65. The Morgan fingerprint density at radius 2 is 0.409 bits per heavy atom. The van der Waals surface area contributed by atoms with Crippen LogP contribution in [0.3, 0.4) is 0 Å². The Morgan fingerprint density at radius 3 is 0.523 bits per heavy atom. The van der Waals surface area contributed by atoms with Gasteiger partial charge in [0.05, 0.1) is 41.3 Å². The summed E-state index contributed by atoms with van der Waals surface area (Å²) in [7, 11) is -4.37. The Kier molecular flexibility index (Phi) is 10.3. The third-order valence-corrected chi connectivity index (χ3v) is 8.23. The van der Waals surface area contributed by atoms with E-state index in [-0.39, 0.29) is 56.8 Å². The second-order valence-electron chi connectivity index (χ2n) is 8.76. The van der Waals surface area contributed by atoms with Crippen molar-refractivity contribution in [2.75, 3.05) is 0 Å². The molecule has 20 heteroatoms. The smallest absolute Gasteiger partial charge is 0.166 e. The summed E-state index contributed by atoms with van der Waals surface area (Å²) in [6.45, 7) is 0. The molecule has 0 unspecified atom stereocenters. The molecule has 3 aromatic rings. The van der Waals surface area contributed by atoms with Crippen molar-refractivity contribution in [2.24, 2.45) is 0 Å². The van der Waals surface area contributed by atoms with E-state index in [0.717, 1.165) is 0 Å². The summed E-state index contributed by atoms with van der Waals surface area (Å²) in [6.07, 6.45) is -33.9. The average Bonchev–Trinajstić information content (AvgIpc) is 2.80. The first-order valence-electron chi connectivity index (χ1n) is 10.8. The van der Waals surface area contributed by atoms with E-state index in [1.807, 2.05) is 0 Å². The molecule has 0 amide bonds. The van der Waals surface area contributed by atoms with Crippen LogP contribution in [-0.4, -0.2) is 0 Å². The van der Waals surface area contributed by atoms with Crippen LogP contribution in [-0.2, 0) is 57.5 Å². The number of benzene rings is 3. The van der Waals surface area contributed by atoms with Crippen LogP contribution in [0.15, 0.2) is 54.6 Å². The Bertz CT molecular complexity index is 1210. The zero-order valence-electron chi connectivity index (χ0n) is 20.3. The van der Waals surface area contributed by atoms with Gasteiger partial charge in [-0.2, -0.15) is 79.0 Å². The molecule has 0 atom stereocenters. The number of alkyl halides is 18. The minimum absolute atomic E-state index is 0. The Labute approximate surface area is 248 Å². The zero-order valence-corrected chi connectivity index (χ0v) is 22.9. The first kappa shape index (κ1) is 37.7. The maximum atomic E-state index is 13.5. The van der Waals surface area contributed by atoms with Crippen LogP contribution in [0.5, 0.6) is 0 Å². The molecule has 0 aliphatic heterocycles. The summed E-state index contributed by atoms with van der Waals surface area (Å²) >= 11 is 0. The molecule has 0 nitrogen and oxygen atoms in total. The van der Waals surface area contributed by atoms with E-state index in [1.165, 1.54) is 0 Å². The fourth-order valence-corrected chi connectivity index (χ4v) is 6.60. The van der Waals surface area contributed by atoms with Crippen molar-refractivity contribution in [1.29, 1.82) is 0 Å². The largest absolute Gasteiger partial charge is 0.416 e. The van der Waals surface area contributed by atoms with Crippen molar-refractivity contribution >= 4 is 23.8 Å². The molecule has 0 aliphatic carbocycles. The van der Waals surface area contributed by atoms with E-state index in [4.69, 9.17) is 0 Å². The maximum Gasteiger partial charge on any atom is 0.416 e. The van der Waals surface area contributed by atoms with E-state index < -0.39 is 112 Å². The molecular weight excluding hydrogens is 768 g/mol. The van der Waals surface area contributed by atoms with Crippen LogP contribution in [0.2, 0.25) is 0 Å². The summed E-state index contributed by atoms with van der Waals surface area (Å²) in [5.74, 6) is 0. The van der Waals surface area contributed by atoms with Crippen molar-refractivity contribution in [3.05, 3.63) is 88.0 Å². The summed E-state index contributed by atoms with van der Waals surface area (Å²) in [6, 6.07) is -2.63. The Hall–Kier alpha value is -2.51. The van der Waals surface area contributed by atoms with Gasteiger partial charge in [0.25, 0.3) is 0 Å². The van der Waals surface area contributed by atoms with Gasteiger partial charge in [-0.25, -0.2) is 0 Å². The van der Waals surface area contributed by atoms with Crippen LogP contribution in [0.25, 0.3) is 0 Å². The van der Waals surface area contributed by atoms with Gasteiger partial charge in [0.15, 0.2) is 0 Å². The Morgan fingerprint density at radius 1 is 0.273 bits per heavy atom. The van der Waals surface area contributed by atoms with Crippen molar-refractivity contribution in [3.63, 3.8) is 0 Å². The van der Waals surface area contributed by atoms with Crippen molar-refractivity contribution in [2.45, 2.75) is 37.1 Å². The molecule has 246 valence electrons. The predicted octanol–water partition coefficient (Wildman–Crippen LogP) is 9.29. The molecule has 0 saturated carbocycles. The van der Waals surface area contributed by atoms with E-state index in [9.17, 15) is 79.0 Å². The Balaban J connectivity index is 0.00000675. The molecule has 0 aliphatic rings. The molecular formula is C24H10F18PPd+. The molecule has 0 fully saturated rings. The quantitative estimate of drug-likeness (QED) is 0.141. The van der Waals surface area contributed by atoms with E-state index in [1.54, 1.807) is 0 Å². The molecule has 0 heterocycles. The molecule has 3 aromatic carbocycles. The van der Waals surface area contributed by atoms with E-state index in [2.05, 4.69) is 0 Å². The third kappa shape index (κ3) is 8.81. The van der Waals surface area contributed by atoms with Crippen LogP contribution >= 0.6 is 7.92 Å². The van der Waals surface area contributed by atoms with Crippen molar-refractivity contribution in [3.8, 4) is 0 Å². The monoisotopic (exact) mass is 777 g/mol. The van der Waals surface area contributed by atoms with Crippen LogP contribution in [0.1, 0.15) is 33.4 Å².